The molecule has 2 aliphatic heterocycles. The maximum Gasteiger partial charge on any atom is 0.227 e. The van der Waals surface area contributed by atoms with Gasteiger partial charge >= 0.3 is 0 Å². The molecule has 188 valence electrons. The Bertz CT molecular complexity index is 1180. The summed E-state index contributed by atoms with van der Waals surface area (Å²) in [6.07, 6.45) is 8.39. The van der Waals surface area contributed by atoms with Crippen molar-refractivity contribution in [3.8, 4) is 5.75 Å². The molecular formula is C25H32N4O5S. The molecule has 0 aliphatic carbocycles. The van der Waals surface area contributed by atoms with Gasteiger partial charge in [-0.25, -0.2) is 18.4 Å². The fraction of sp³-hybridized carbons (Fsp3) is 0.440. The third kappa shape index (κ3) is 7.27. The highest BCUT2D eigenvalue weighted by atomic mass is 32.2. The van der Waals surface area contributed by atoms with E-state index in [9.17, 15) is 8.42 Å². The van der Waals surface area contributed by atoms with Crippen LogP contribution in [0.5, 0.6) is 5.75 Å². The number of sulfone groups is 1. The molecule has 1 unspecified atom stereocenters. The Morgan fingerprint density at radius 1 is 1.26 bits per heavy atom. The first-order valence-corrected chi connectivity index (χ1v) is 13.6. The summed E-state index contributed by atoms with van der Waals surface area (Å²) in [4.78, 5) is 11.1. The molecule has 0 radical (unpaired) electrons. The van der Waals surface area contributed by atoms with E-state index in [-0.39, 0.29) is 24.2 Å². The van der Waals surface area contributed by atoms with E-state index in [1.54, 1.807) is 13.1 Å². The number of anilines is 2. The minimum Gasteiger partial charge on any atom is -0.492 e. The number of benzene rings is 1. The van der Waals surface area contributed by atoms with Crippen molar-refractivity contribution in [2.45, 2.75) is 26.0 Å². The van der Waals surface area contributed by atoms with Crippen LogP contribution in [0.15, 0.2) is 54.4 Å². The van der Waals surface area contributed by atoms with Gasteiger partial charge in [0.15, 0.2) is 9.84 Å². The molecule has 0 saturated heterocycles. The van der Waals surface area contributed by atoms with Gasteiger partial charge in [-0.1, -0.05) is 19.1 Å². The van der Waals surface area contributed by atoms with Gasteiger partial charge in [-0.05, 0) is 37.4 Å². The van der Waals surface area contributed by atoms with Gasteiger partial charge in [-0.15, -0.1) is 0 Å². The standard InChI is InChI=1S/C25H32N4O5S/c1-3-35(30,31)15-14-33-23-8-6-20-16-19(23)17-29(2)12-4-5-13-32-18-21-7-9-24(34-21)22-10-11-26-25(27-20)28-22/h4-8,10-11,16,24H,3,9,12-15,17-18H2,1-2H3,(H,26,27,28)/b5-4+. The first-order chi connectivity index (χ1) is 16.9. The lowest BCUT2D eigenvalue weighted by atomic mass is 10.1. The van der Waals surface area contributed by atoms with E-state index >= 15 is 0 Å². The molecule has 4 rings (SSSR count). The number of aromatic nitrogens is 2. The molecule has 0 amide bonds. The molecule has 2 aliphatic rings. The normalized spacial score (nSPS) is 20.1. The lowest BCUT2D eigenvalue weighted by Gasteiger charge is -2.19. The van der Waals surface area contributed by atoms with Crippen molar-refractivity contribution in [3.63, 3.8) is 0 Å². The average Bonchev–Trinajstić information content (AvgIpc) is 3.31. The van der Waals surface area contributed by atoms with Crippen LogP contribution in [-0.4, -0.2) is 68.2 Å². The zero-order chi connectivity index (χ0) is 24.7. The fourth-order valence-corrected chi connectivity index (χ4v) is 4.41. The molecule has 9 nitrogen and oxygen atoms in total. The Morgan fingerprint density at radius 3 is 3.00 bits per heavy atom. The summed E-state index contributed by atoms with van der Waals surface area (Å²) in [6, 6.07) is 7.57. The minimum absolute atomic E-state index is 0.0119. The van der Waals surface area contributed by atoms with E-state index in [2.05, 4.69) is 26.3 Å². The molecule has 35 heavy (non-hydrogen) atoms. The second-order valence-corrected chi connectivity index (χ2v) is 11.0. The lowest BCUT2D eigenvalue weighted by molar-refractivity contribution is 0.0845. The Morgan fingerprint density at radius 2 is 2.14 bits per heavy atom. The van der Waals surface area contributed by atoms with Gasteiger partial charge in [0, 0.05) is 42.7 Å². The largest absolute Gasteiger partial charge is 0.492 e. The van der Waals surface area contributed by atoms with E-state index in [4.69, 9.17) is 14.2 Å². The summed E-state index contributed by atoms with van der Waals surface area (Å²) in [5.74, 6) is 2.04. The molecule has 1 aromatic heterocycles. The van der Waals surface area contributed by atoms with Crippen molar-refractivity contribution >= 4 is 21.5 Å². The van der Waals surface area contributed by atoms with Crippen LogP contribution in [0.2, 0.25) is 0 Å². The summed E-state index contributed by atoms with van der Waals surface area (Å²) in [5.41, 5.74) is 2.54. The van der Waals surface area contributed by atoms with E-state index in [1.807, 2.05) is 43.5 Å². The maximum atomic E-state index is 11.9. The first kappa shape index (κ1) is 25.2. The molecule has 0 fully saturated rings. The SMILES string of the molecule is CCS(=O)(=O)CCOc1ccc2cc1CN(C)C/C=C/COCC1=CCC(O1)c1ccnc(n1)N2. The van der Waals surface area contributed by atoms with Crippen molar-refractivity contribution < 1.29 is 22.6 Å². The van der Waals surface area contributed by atoms with Crippen molar-refractivity contribution in [2.24, 2.45) is 0 Å². The highest BCUT2D eigenvalue weighted by Gasteiger charge is 2.22. The zero-order valence-electron chi connectivity index (χ0n) is 20.1. The summed E-state index contributed by atoms with van der Waals surface area (Å²) in [6.45, 7) is 4.00. The van der Waals surface area contributed by atoms with Crippen LogP contribution < -0.4 is 10.1 Å². The van der Waals surface area contributed by atoms with Gasteiger partial charge < -0.3 is 19.5 Å². The van der Waals surface area contributed by atoms with Crippen molar-refractivity contribution in [2.75, 3.05) is 50.2 Å². The van der Waals surface area contributed by atoms with Gasteiger partial charge in [0.25, 0.3) is 0 Å². The van der Waals surface area contributed by atoms with Gasteiger partial charge in [0.2, 0.25) is 5.95 Å². The lowest BCUT2D eigenvalue weighted by Crippen LogP contribution is -2.20. The summed E-state index contributed by atoms with van der Waals surface area (Å²) in [5, 5.41) is 3.27. The van der Waals surface area contributed by atoms with Crippen LogP contribution in [-0.2, 0) is 25.9 Å². The number of rotatable bonds is 5. The van der Waals surface area contributed by atoms with E-state index in [1.165, 1.54) is 0 Å². The Kier molecular flexibility index (Phi) is 8.37. The second kappa shape index (κ2) is 11.7. The van der Waals surface area contributed by atoms with Crippen molar-refractivity contribution in [3.05, 3.63) is 65.7 Å². The molecular weight excluding hydrogens is 468 g/mol. The number of ether oxygens (including phenoxy) is 3. The predicted molar refractivity (Wildman–Crippen MR) is 134 cm³/mol. The molecule has 0 spiro atoms. The molecule has 6 bridgehead atoms. The average molecular weight is 501 g/mol. The number of nitrogens with zero attached hydrogens (tertiary/aromatic N) is 3. The van der Waals surface area contributed by atoms with Crippen LogP contribution in [0.4, 0.5) is 11.6 Å². The van der Waals surface area contributed by atoms with Gasteiger partial charge in [0.1, 0.15) is 30.8 Å². The quantitative estimate of drug-likeness (QED) is 0.619. The van der Waals surface area contributed by atoms with Crippen LogP contribution in [0, 0.1) is 0 Å². The Labute approximate surface area is 206 Å². The van der Waals surface area contributed by atoms with E-state index < -0.39 is 9.84 Å². The first-order valence-electron chi connectivity index (χ1n) is 11.7. The Hall–Kier alpha value is -2.95. The highest BCUT2D eigenvalue weighted by molar-refractivity contribution is 7.91. The fourth-order valence-electron chi connectivity index (χ4n) is 3.78. The summed E-state index contributed by atoms with van der Waals surface area (Å²) >= 11 is 0. The van der Waals surface area contributed by atoms with Crippen molar-refractivity contribution in [1.82, 2.24) is 14.9 Å². The molecule has 10 heteroatoms. The number of hydrogen-bond acceptors (Lipinski definition) is 9. The second-order valence-electron chi connectivity index (χ2n) is 8.53. The van der Waals surface area contributed by atoms with Gasteiger partial charge in [-0.2, -0.15) is 0 Å². The summed E-state index contributed by atoms with van der Waals surface area (Å²) < 4.78 is 41.4. The number of nitrogens with one attached hydrogen (secondary N) is 1. The minimum atomic E-state index is -3.10. The van der Waals surface area contributed by atoms with E-state index in [0.717, 1.165) is 35.7 Å². The van der Waals surface area contributed by atoms with Crippen LogP contribution in [0.1, 0.15) is 30.7 Å². The van der Waals surface area contributed by atoms with Crippen LogP contribution in [0.25, 0.3) is 0 Å². The number of likely N-dealkylation sites (N-methyl/N-ethyl adjacent to an activating group) is 1. The number of fused-ring (bicyclic) bond motifs is 7. The third-order valence-electron chi connectivity index (χ3n) is 5.75. The maximum absolute atomic E-state index is 11.9. The van der Waals surface area contributed by atoms with Crippen LogP contribution >= 0.6 is 0 Å². The zero-order valence-corrected chi connectivity index (χ0v) is 21.0. The molecule has 1 aromatic carbocycles. The van der Waals surface area contributed by atoms with Crippen LogP contribution in [0.3, 0.4) is 0 Å². The topological polar surface area (TPSA) is 103 Å². The van der Waals surface area contributed by atoms with E-state index in [0.29, 0.717) is 31.5 Å². The summed E-state index contributed by atoms with van der Waals surface area (Å²) in [7, 11) is -1.09. The molecule has 2 aromatic rings. The van der Waals surface area contributed by atoms with Gasteiger partial charge in [-0.3, -0.25) is 4.90 Å². The molecule has 3 heterocycles. The predicted octanol–water partition coefficient (Wildman–Crippen LogP) is 3.40. The molecule has 1 N–H and O–H groups in total. The molecule has 1 atom stereocenters. The third-order valence-corrected chi connectivity index (χ3v) is 7.42. The monoisotopic (exact) mass is 500 g/mol. The number of hydrogen-bond donors (Lipinski definition) is 1. The van der Waals surface area contributed by atoms with Gasteiger partial charge in [0.05, 0.1) is 18.1 Å². The highest BCUT2D eigenvalue weighted by Crippen LogP contribution is 2.31. The Balaban J connectivity index is 1.57. The smallest absolute Gasteiger partial charge is 0.227 e. The van der Waals surface area contributed by atoms with Crippen molar-refractivity contribution in [1.29, 1.82) is 0 Å². The molecule has 0 saturated carbocycles.